The van der Waals surface area contributed by atoms with Crippen molar-refractivity contribution in [3.63, 3.8) is 0 Å². The van der Waals surface area contributed by atoms with E-state index in [9.17, 15) is 4.79 Å². The van der Waals surface area contributed by atoms with Crippen LogP contribution in [0.2, 0.25) is 0 Å². The Labute approximate surface area is 175 Å². The van der Waals surface area contributed by atoms with Crippen LogP contribution in [-0.2, 0) is 16.1 Å². The van der Waals surface area contributed by atoms with Gasteiger partial charge in [-0.05, 0) is 18.6 Å². The molecule has 1 aliphatic heterocycles. The quantitative estimate of drug-likeness (QED) is 0.608. The highest BCUT2D eigenvalue weighted by molar-refractivity contribution is 5.82. The molecule has 1 saturated heterocycles. The van der Waals surface area contributed by atoms with Crippen LogP contribution in [0.3, 0.4) is 0 Å². The molecule has 3 heterocycles. The first kappa shape index (κ1) is 20.3. The van der Waals surface area contributed by atoms with Gasteiger partial charge in [-0.1, -0.05) is 37.3 Å². The molecule has 30 heavy (non-hydrogen) atoms. The Morgan fingerprint density at radius 3 is 2.63 bits per heavy atom. The lowest BCUT2D eigenvalue weighted by Gasteiger charge is -2.33. The number of rotatable bonds is 8. The SMILES string of the molecule is CCC[NH+](Cc1nnc(-c2ccco2)o1)[C@H](C(=O)N1CCOCC1)c1ccccc1. The van der Waals surface area contributed by atoms with Crippen LogP contribution in [-0.4, -0.2) is 53.9 Å². The summed E-state index contributed by atoms with van der Waals surface area (Å²) in [6, 6.07) is 13.2. The maximum atomic E-state index is 13.6. The molecule has 1 fully saturated rings. The van der Waals surface area contributed by atoms with Gasteiger partial charge in [0.1, 0.15) is 0 Å². The summed E-state index contributed by atoms with van der Waals surface area (Å²) < 4.78 is 16.6. The molecule has 1 aromatic carbocycles. The van der Waals surface area contributed by atoms with Crippen LogP contribution in [0.1, 0.15) is 30.8 Å². The molecule has 0 aliphatic carbocycles. The van der Waals surface area contributed by atoms with Crippen LogP contribution in [0.15, 0.2) is 57.6 Å². The van der Waals surface area contributed by atoms with Crippen LogP contribution in [0.25, 0.3) is 11.7 Å². The second kappa shape index (κ2) is 9.69. The van der Waals surface area contributed by atoms with Crippen molar-refractivity contribution in [3.8, 4) is 11.7 Å². The largest absolute Gasteiger partial charge is 0.459 e. The Balaban J connectivity index is 1.61. The van der Waals surface area contributed by atoms with E-state index in [2.05, 4.69) is 17.1 Å². The zero-order valence-corrected chi connectivity index (χ0v) is 17.1. The third-order valence-corrected chi connectivity index (χ3v) is 5.26. The summed E-state index contributed by atoms with van der Waals surface area (Å²) in [7, 11) is 0. The predicted octanol–water partition coefficient (Wildman–Crippen LogP) is 1.72. The molecule has 0 spiro atoms. The van der Waals surface area contributed by atoms with Gasteiger partial charge in [0.15, 0.2) is 18.3 Å². The monoisotopic (exact) mass is 411 g/mol. The lowest BCUT2D eigenvalue weighted by atomic mass is 10.0. The van der Waals surface area contributed by atoms with Gasteiger partial charge in [-0.2, -0.15) is 0 Å². The molecular weight excluding hydrogens is 384 g/mol. The molecule has 158 valence electrons. The molecule has 0 bridgehead atoms. The topological polar surface area (TPSA) is 86.0 Å². The molecule has 4 rings (SSSR count). The average Bonchev–Trinajstić information content (AvgIpc) is 3.47. The van der Waals surface area contributed by atoms with Gasteiger partial charge >= 0.3 is 0 Å². The zero-order chi connectivity index (χ0) is 20.8. The molecule has 1 unspecified atom stereocenters. The van der Waals surface area contributed by atoms with E-state index in [1.54, 1.807) is 18.4 Å². The van der Waals surface area contributed by atoms with Crippen molar-refractivity contribution < 1.29 is 23.3 Å². The Morgan fingerprint density at radius 2 is 1.93 bits per heavy atom. The van der Waals surface area contributed by atoms with E-state index >= 15 is 0 Å². The molecule has 8 nitrogen and oxygen atoms in total. The minimum Gasteiger partial charge on any atom is -0.459 e. The second-order valence-corrected chi connectivity index (χ2v) is 7.34. The molecule has 2 atom stereocenters. The number of aromatic nitrogens is 2. The van der Waals surface area contributed by atoms with Gasteiger partial charge in [-0.3, -0.25) is 4.79 Å². The number of carbonyl (C=O) groups excluding carboxylic acids is 1. The number of ether oxygens (including phenoxy) is 1. The third kappa shape index (κ3) is 4.60. The Kier molecular flexibility index (Phi) is 6.56. The first-order valence-corrected chi connectivity index (χ1v) is 10.4. The number of amides is 1. The fraction of sp³-hybridized carbons (Fsp3) is 0.409. The molecule has 2 aromatic heterocycles. The first-order valence-electron chi connectivity index (χ1n) is 10.4. The van der Waals surface area contributed by atoms with E-state index in [-0.39, 0.29) is 11.9 Å². The van der Waals surface area contributed by atoms with Crippen LogP contribution < -0.4 is 4.90 Å². The predicted molar refractivity (Wildman–Crippen MR) is 108 cm³/mol. The molecule has 1 aliphatic rings. The summed E-state index contributed by atoms with van der Waals surface area (Å²) >= 11 is 0. The van der Waals surface area contributed by atoms with Gasteiger partial charge in [0.25, 0.3) is 17.7 Å². The average molecular weight is 411 g/mol. The number of nitrogens with one attached hydrogen (secondary N) is 1. The number of furan rings is 1. The van der Waals surface area contributed by atoms with Crippen molar-refractivity contribution in [1.29, 1.82) is 0 Å². The maximum Gasteiger partial charge on any atom is 0.285 e. The summed E-state index contributed by atoms with van der Waals surface area (Å²) in [4.78, 5) is 16.5. The van der Waals surface area contributed by atoms with E-state index in [0.29, 0.717) is 50.4 Å². The highest BCUT2D eigenvalue weighted by Gasteiger charge is 2.36. The summed E-state index contributed by atoms with van der Waals surface area (Å²) in [6.07, 6.45) is 2.49. The standard InChI is InChI=1S/C22H26N4O4/c1-2-10-26(16-19-23-24-21(30-19)18-9-6-13-29-18)20(17-7-4-3-5-8-17)22(27)25-11-14-28-15-12-25/h3-9,13,20H,2,10-12,14-16H2,1H3/p+1/t20-/m0/s1. The highest BCUT2D eigenvalue weighted by atomic mass is 16.5. The van der Waals surface area contributed by atoms with Gasteiger partial charge in [-0.25, -0.2) is 0 Å². The molecule has 0 saturated carbocycles. The second-order valence-electron chi connectivity index (χ2n) is 7.34. The Morgan fingerprint density at radius 1 is 1.13 bits per heavy atom. The van der Waals surface area contributed by atoms with Crippen LogP contribution >= 0.6 is 0 Å². The minimum absolute atomic E-state index is 0.110. The molecule has 1 N–H and O–H groups in total. The maximum absolute atomic E-state index is 13.6. The van der Waals surface area contributed by atoms with Gasteiger partial charge in [0.05, 0.1) is 26.0 Å². The van der Waals surface area contributed by atoms with Crippen molar-refractivity contribution >= 4 is 5.91 Å². The van der Waals surface area contributed by atoms with Gasteiger partial charge in [0, 0.05) is 18.7 Å². The fourth-order valence-corrected chi connectivity index (χ4v) is 3.84. The number of morpholine rings is 1. The van der Waals surface area contributed by atoms with E-state index in [4.69, 9.17) is 13.6 Å². The lowest BCUT2D eigenvalue weighted by molar-refractivity contribution is -0.937. The number of hydrogen-bond acceptors (Lipinski definition) is 6. The van der Waals surface area contributed by atoms with Crippen molar-refractivity contribution in [2.75, 3.05) is 32.8 Å². The van der Waals surface area contributed by atoms with E-state index in [1.165, 1.54) is 0 Å². The zero-order valence-electron chi connectivity index (χ0n) is 17.1. The molecule has 1 amide bonds. The normalized spacial score (nSPS) is 16.4. The molecule has 3 aromatic rings. The molecular formula is C22H27N4O4+. The number of hydrogen-bond donors (Lipinski definition) is 1. The molecule has 8 heteroatoms. The minimum atomic E-state index is -0.344. The summed E-state index contributed by atoms with van der Waals surface area (Å²) in [5.41, 5.74) is 0.989. The first-order chi connectivity index (χ1) is 14.8. The van der Waals surface area contributed by atoms with Crippen molar-refractivity contribution in [1.82, 2.24) is 15.1 Å². The van der Waals surface area contributed by atoms with Gasteiger partial charge in [-0.15, -0.1) is 10.2 Å². The van der Waals surface area contributed by atoms with E-state index < -0.39 is 0 Å². The van der Waals surface area contributed by atoms with Crippen molar-refractivity contribution in [2.45, 2.75) is 25.9 Å². The summed E-state index contributed by atoms with van der Waals surface area (Å²) in [5, 5.41) is 8.30. The van der Waals surface area contributed by atoms with Crippen LogP contribution in [0.5, 0.6) is 0 Å². The van der Waals surface area contributed by atoms with Gasteiger partial charge in [0.2, 0.25) is 0 Å². The van der Waals surface area contributed by atoms with Crippen molar-refractivity contribution in [3.05, 3.63) is 60.2 Å². The number of nitrogens with zero attached hydrogens (tertiary/aromatic N) is 3. The third-order valence-electron chi connectivity index (χ3n) is 5.26. The number of benzene rings is 1. The van der Waals surface area contributed by atoms with E-state index in [1.807, 2.05) is 35.2 Å². The van der Waals surface area contributed by atoms with Gasteiger partial charge < -0.3 is 23.4 Å². The summed E-state index contributed by atoms with van der Waals surface area (Å²) in [5.74, 6) is 1.48. The van der Waals surface area contributed by atoms with E-state index in [0.717, 1.165) is 23.4 Å². The molecule has 0 radical (unpaired) electrons. The van der Waals surface area contributed by atoms with Crippen LogP contribution in [0.4, 0.5) is 0 Å². The number of carbonyl (C=O) groups is 1. The summed E-state index contributed by atoms with van der Waals surface area (Å²) in [6.45, 7) is 5.75. The van der Waals surface area contributed by atoms with Crippen molar-refractivity contribution in [2.24, 2.45) is 0 Å². The lowest BCUT2D eigenvalue weighted by Crippen LogP contribution is -3.12. The smallest absolute Gasteiger partial charge is 0.285 e. The fourth-order valence-electron chi connectivity index (χ4n) is 3.84. The Hall–Kier alpha value is -2.97. The highest BCUT2D eigenvalue weighted by Crippen LogP contribution is 2.18. The van der Waals surface area contributed by atoms with Crippen LogP contribution in [0, 0.1) is 0 Å². The Bertz CT molecular complexity index is 920. The number of quaternary nitrogens is 1.